The lowest BCUT2D eigenvalue weighted by Gasteiger charge is -2.14. The second kappa shape index (κ2) is 4.80. The number of nitro groups is 4. The Kier molecular flexibility index (Phi) is 4.14. The molecule has 0 N–H and O–H groups in total. The number of nitrogens with zero attached hydrogens (tertiary/aromatic N) is 4. The van der Waals surface area contributed by atoms with Gasteiger partial charge < -0.3 is 0 Å². The molecule has 14 nitrogen and oxygen atoms in total. The zero-order valence-electron chi connectivity index (χ0n) is 8.87. The average Bonchev–Trinajstić information content (AvgIpc) is 2.23. The molecule has 102 valence electrons. The highest BCUT2D eigenvalue weighted by atomic mass is 17.2. The summed E-state index contributed by atoms with van der Waals surface area (Å²) in [7, 11) is 0. The van der Waals surface area contributed by atoms with Gasteiger partial charge in [-0.05, 0) is 0 Å². The van der Waals surface area contributed by atoms with Gasteiger partial charge in [0.05, 0.1) is 0 Å². The molecular weight excluding hydrogens is 264 g/mol. The van der Waals surface area contributed by atoms with E-state index < -0.39 is 31.4 Å². The second-order valence-electron chi connectivity index (χ2n) is 3.06. The SMILES string of the molecule is CC(OOC(C)([N+](=O)[O-])[N+](=O)[O-])([N+](=O)[O-])[N+](=O)[O-]. The van der Waals surface area contributed by atoms with Crippen molar-refractivity contribution >= 4 is 0 Å². The maximum absolute atomic E-state index is 10.3. The summed E-state index contributed by atoms with van der Waals surface area (Å²) in [5.41, 5.74) is 0. The highest BCUT2D eigenvalue weighted by Gasteiger charge is 2.62. The van der Waals surface area contributed by atoms with E-state index in [-0.39, 0.29) is 0 Å². The van der Waals surface area contributed by atoms with E-state index in [2.05, 4.69) is 9.78 Å². The summed E-state index contributed by atoms with van der Waals surface area (Å²) in [5.74, 6) is -6.82. The maximum atomic E-state index is 10.3. The van der Waals surface area contributed by atoms with Gasteiger partial charge in [-0.3, -0.25) is 40.5 Å². The van der Waals surface area contributed by atoms with E-state index >= 15 is 0 Å². The summed E-state index contributed by atoms with van der Waals surface area (Å²) in [6, 6.07) is 0. The monoisotopic (exact) mass is 270 g/mol. The fourth-order valence-electron chi connectivity index (χ4n) is 0.413. The molecule has 0 rings (SSSR count). The van der Waals surface area contributed by atoms with Gasteiger partial charge in [0.1, 0.15) is 33.5 Å². The first-order chi connectivity index (χ1) is 7.98. The van der Waals surface area contributed by atoms with E-state index in [0.29, 0.717) is 13.8 Å². The van der Waals surface area contributed by atoms with Crippen LogP contribution >= 0.6 is 0 Å². The first-order valence-electron chi connectivity index (χ1n) is 3.93. The predicted octanol–water partition coefficient (Wildman–Crippen LogP) is -0.611. The Morgan fingerprint density at radius 3 is 0.944 bits per heavy atom. The van der Waals surface area contributed by atoms with Crippen LogP contribution in [-0.2, 0) is 9.78 Å². The molecule has 0 heterocycles. The second-order valence-corrected chi connectivity index (χ2v) is 3.06. The van der Waals surface area contributed by atoms with Gasteiger partial charge in [0.2, 0.25) is 0 Å². The third-order valence-corrected chi connectivity index (χ3v) is 1.71. The third kappa shape index (κ3) is 2.61. The summed E-state index contributed by atoms with van der Waals surface area (Å²) in [6.07, 6.45) is 0. The first-order valence-corrected chi connectivity index (χ1v) is 3.93. The lowest BCUT2D eigenvalue weighted by atomic mass is 10.5. The van der Waals surface area contributed by atoms with E-state index in [1.54, 1.807) is 0 Å². The van der Waals surface area contributed by atoms with E-state index in [1.807, 2.05) is 0 Å². The smallest absolute Gasteiger partial charge is 0.256 e. The highest BCUT2D eigenvalue weighted by molar-refractivity contribution is 4.43. The average molecular weight is 270 g/mol. The molecule has 0 aromatic rings. The molecule has 0 saturated carbocycles. The van der Waals surface area contributed by atoms with Crippen LogP contribution in [-0.4, -0.2) is 31.4 Å². The van der Waals surface area contributed by atoms with Gasteiger partial charge in [0.15, 0.2) is 0 Å². The fourth-order valence-corrected chi connectivity index (χ4v) is 0.413. The fraction of sp³-hybridized carbons (Fsp3) is 1.00. The molecule has 0 atom stereocenters. The minimum absolute atomic E-state index is 0.299. The molecule has 0 radical (unpaired) electrons. The Hall–Kier alpha value is -2.48. The van der Waals surface area contributed by atoms with E-state index in [9.17, 15) is 40.5 Å². The predicted molar refractivity (Wildman–Crippen MR) is 47.0 cm³/mol. The third-order valence-electron chi connectivity index (χ3n) is 1.71. The summed E-state index contributed by atoms with van der Waals surface area (Å²) < 4.78 is 0. The van der Waals surface area contributed by atoms with Gasteiger partial charge in [0, 0.05) is 0 Å². The number of hydrogen-bond acceptors (Lipinski definition) is 10. The van der Waals surface area contributed by atoms with Crippen LogP contribution in [0.1, 0.15) is 13.8 Å². The molecule has 0 saturated heterocycles. The molecule has 0 bridgehead atoms. The molecule has 18 heavy (non-hydrogen) atoms. The molecule has 0 aromatic carbocycles. The van der Waals surface area contributed by atoms with Crippen molar-refractivity contribution in [1.29, 1.82) is 0 Å². The van der Waals surface area contributed by atoms with Crippen LogP contribution in [0.4, 0.5) is 0 Å². The lowest BCUT2D eigenvalue weighted by molar-refractivity contribution is -0.928. The van der Waals surface area contributed by atoms with Gasteiger partial charge in [-0.15, -0.1) is 0 Å². The van der Waals surface area contributed by atoms with Crippen molar-refractivity contribution in [3.05, 3.63) is 40.5 Å². The molecule has 0 aliphatic heterocycles. The maximum Gasteiger partial charge on any atom is 0.600 e. The van der Waals surface area contributed by atoms with Crippen molar-refractivity contribution in [2.24, 2.45) is 0 Å². The van der Waals surface area contributed by atoms with Crippen molar-refractivity contribution in [3.8, 4) is 0 Å². The van der Waals surface area contributed by atoms with E-state index in [1.165, 1.54) is 0 Å². The van der Waals surface area contributed by atoms with Crippen LogP contribution in [0.5, 0.6) is 0 Å². The van der Waals surface area contributed by atoms with Gasteiger partial charge in [-0.25, -0.2) is 0 Å². The topological polar surface area (TPSA) is 191 Å². The Balaban J connectivity index is 5.14. The molecule has 0 aliphatic rings. The molecule has 0 amide bonds. The Morgan fingerprint density at radius 1 is 0.667 bits per heavy atom. The summed E-state index contributed by atoms with van der Waals surface area (Å²) in [6.45, 7) is 0.598. The van der Waals surface area contributed by atoms with Crippen molar-refractivity contribution in [3.63, 3.8) is 0 Å². The molecular formula is C4H6N4O10. The van der Waals surface area contributed by atoms with Crippen LogP contribution in [0.15, 0.2) is 0 Å². The Morgan fingerprint density at radius 2 is 0.833 bits per heavy atom. The van der Waals surface area contributed by atoms with Crippen LogP contribution in [0.25, 0.3) is 0 Å². The van der Waals surface area contributed by atoms with Crippen LogP contribution in [0.2, 0.25) is 0 Å². The molecule has 14 heteroatoms. The van der Waals surface area contributed by atoms with Crippen LogP contribution in [0.3, 0.4) is 0 Å². The van der Waals surface area contributed by atoms with E-state index in [4.69, 9.17) is 0 Å². The number of rotatable bonds is 7. The minimum atomic E-state index is -3.41. The highest BCUT2D eigenvalue weighted by Crippen LogP contribution is 2.19. The zero-order chi connectivity index (χ0) is 14.7. The molecule has 0 unspecified atom stereocenters. The van der Waals surface area contributed by atoms with Crippen LogP contribution < -0.4 is 0 Å². The Bertz CT molecular complexity index is 339. The van der Waals surface area contributed by atoms with E-state index in [0.717, 1.165) is 0 Å². The van der Waals surface area contributed by atoms with Crippen molar-refractivity contribution < 1.29 is 29.5 Å². The number of hydrogen-bond donors (Lipinski definition) is 0. The minimum Gasteiger partial charge on any atom is -0.256 e. The van der Waals surface area contributed by atoms with Crippen molar-refractivity contribution in [2.75, 3.05) is 0 Å². The van der Waals surface area contributed by atoms with Crippen LogP contribution in [0, 0.1) is 40.5 Å². The molecule has 0 spiro atoms. The zero-order valence-corrected chi connectivity index (χ0v) is 8.87. The van der Waals surface area contributed by atoms with Gasteiger partial charge >= 0.3 is 11.7 Å². The van der Waals surface area contributed by atoms with Crippen molar-refractivity contribution in [2.45, 2.75) is 25.5 Å². The quantitative estimate of drug-likeness (QED) is 0.249. The Labute approximate surface area is 96.6 Å². The normalized spacial score (nSPS) is 11.9. The van der Waals surface area contributed by atoms with Gasteiger partial charge in [-0.2, -0.15) is 0 Å². The van der Waals surface area contributed by atoms with Crippen molar-refractivity contribution in [1.82, 2.24) is 0 Å². The molecule has 0 aromatic heterocycles. The first kappa shape index (κ1) is 15.5. The molecule has 0 aliphatic carbocycles. The standard InChI is InChI=1S/C4H6N4O10/c1-3(5(9)10,6(11)12)17-18-4(2,7(13)14)8(15)16/h1-2H3. The van der Waals surface area contributed by atoms with Gasteiger partial charge in [-0.1, -0.05) is 9.78 Å². The summed E-state index contributed by atoms with van der Waals surface area (Å²) in [4.78, 5) is 42.4. The summed E-state index contributed by atoms with van der Waals surface area (Å²) in [5, 5.41) is 41.4. The summed E-state index contributed by atoms with van der Waals surface area (Å²) >= 11 is 0. The van der Waals surface area contributed by atoms with Gasteiger partial charge in [0.25, 0.3) is 0 Å². The lowest BCUT2D eigenvalue weighted by Crippen LogP contribution is -2.52. The molecule has 0 fully saturated rings. The largest absolute Gasteiger partial charge is 0.600 e.